The van der Waals surface area contributed by atoms with E-state index in [-0.39, 0.29) is 18.2 Å². The number of nitrogens with zero attached hydrogens (tertiary/aromatic N) is 5. The van der Waals surface area contributed by atoms with Gasteiger partial charge >= 0.3 is 0 Å². The first kappa shape index (κ1) is 21.5. The van der Waals surface area contributed by atoms with Gasteiger partial charge in [0.1, 0.15) is 17.9 Å². The topological polar surface area (TPSA) is 114 Å². The number of para-hydroxylation sites is 2. The Labute approximate surface area is 186 Å². The summed E-state index contributed by atoms with van der Waals surface area (Å²) in [4.78, 5) is 35.5. The van der Waals surface area contributed by atoms with Crippen molar-refractivity contribution in [3.05, 3.63) is 36.8 Å². The van der Waals surface area contributed by atoms with Gasteiger partial charge in [0, 0.05) is 26.1 Å². The van der Waals surface area contributed by atoms with Crippen LogP contribution < -0.4 is 20.3 Å². The van der Waals surface area contributed by atoms with E-state index in [2.05, 4.69) is 32.6 Å². The second kappa shape index (κ2) is 9.63. The molecule has 10 heteroatoms. The number of anilines is 2. The molecule has 2 amide bonds. The summed E-state index contributed by atoms with van der Waals surface area (Å²) in [5.41, 5.74) is 1.40. The lowest BCUT2D eigenvalue weighted by Gasteiger charge is -2.19. The van der Waals surface area contributed by atoms with Crippen LogP contribution in [0.3, 0.4) is 0 Å². The molecule has 1 atom stereocenters. The van der Waals surface area contributed by atoms with Crippen LogP contribution >= 0.6 is 0 Å². The van der Waals surface area contributed by atoms with Crippen LogP contribution in [0.5, 0.6) is 5.75 Å². The summed E-state index contributed by atoms with van der Waals surface area (Å²) in [6, 6.07) is 7.32. The van der Waals surface area contributed by atoms with Crippen molar-refractivity contribution in [2.24, 2.45) is 5.92 Å². The molecule has 0 bridgehead atoms. The van der Waals surface area contributed by atoms with Gasteiger partial charge in [-0.3, -0.25) is 9.59 Å². The number of rotatable bonds is 9. The zero-order valence-electron chi connectivity index (χ0n) is 18.2. The van der Waals surface area contributed by atoms with E-state index in [4.69, 9.17) is 4.74 Å². The van der Waals surface area contributed by atoms with Crippen molar-refractivity contribution in [1.29, 1.82) is 0 Å². The average Bonchev–Trinajstić information content (AvgIpc) is 3.41. The highest BCUT2D eigenvalue weighted by Gasteiger charge is 2.36. The minimum atomic E-state index is -0.408. The van der Waals surface area contributed by atoms with Gasteiger partial charge in [-0.25, -0.2) is 14.6 Å². The lowest BCUT2D eigenvalue weighted by Crippen LogP contribution is -2.35. The van der Waals surface area contributed by atoms with Crippen molar-refractivity contribution in [3.63, 3.8) is 0 Å². The van der Waals surface area contributed by atoms with Crippen molar-refractivity contribution < 1.29 is 14.3 Å². The Morgan fingerprint density at radius 2 is 2.09 bits per heavy atom. The van der Waals surface area contributed by atoms with Crippen LogP contribution in [-0.4, -0.2) is 58.3 Å². The third-order valence-electron chi connectivity index (χ3n) is 5.47. The van der Waals surface area contributed by atoms with E-state index in [9.17, 15) is 9.59 Å². The molecule has 1 saturated heterocycles. The number of carbonyl (C=O) groups excluding carboxylic acids is 2. The molecule has 1 fully saturated rings. The van der Waals surface area contributed by atoms with Crippen LogP contribution in [0.4, 0.5) is 11.5 Å². The van der Waals surface area contributed by atoms with Crippen molar-refractivity contribution in [3.8, 4) is 5.75 Å². The number of fused-ring (bicyclic) bond motifs is 1. The molecular weight excluding hydrogens is 410 g/mol. The monoisotopic (exact) mass is 437 g/mol. The summed E-state index contributed by atoms with van der Waals surface area (Å²) >= 11 is 0. The summed E-state index contributed by atoms with van der Waals surface area (Å²) < 4.78 is 7.10. The maximum Gasteiger partial charge on any atom is 0.227 e. The smallest absolute Gasteiger partial charge is 0.227 e. The fourth-order valence-electron chi connectivity index (χ4n) is 3.84. The molecular formula is C22H27N7O3. The fraction of sp³-hybridized carbons (Fsp3) is 0.409. The number of ether oxygens (including phenoxy) is 1. The van der Waals surface area contributed by atoms with Gasteiger partial charge in [0.25, 0.3) is 0 Å². The number of nitrogens with one attached hydrogen (secondary N) is 2. The quantitative estimate of drug-likeness (QED) is 0.525. The van der Waals surface area contributed by atoms with Crippen molar-refractivity contribution >= 4 is 34.4 Å². The number of hydrogen-bond acceptors (Lipinski definition) is 7. The van der Waals surface area contributed by atoms with Crippen LogP contribution in [0.2, 0.25) is 0 Å². The molecule has 0 saturated carbocycles. The van der Waals surface area contributed by atoms with Gasteiger partial charge in [0.05, 0.1) is 36.8 Å². The number of methoxy groups -OCH3 is 1. The fourth-order valence-corrected chi connectivity index (χ4v) is 3.84. The summed E-state index contributed by atoms with van der Waals surface area (Å²) in [6.45, 7) is 4.09. The van der Waals surface area contributed by atoms with E-state index in [0.717, 1.165) is 24.2 Å². The number of hydrogen-bond donors (Lipinski definition) is 2. The molecule has 2 aromatic heterocycles. The molecule has 0 aliphatic carbocycles. The average molecular weight is 438 g/mol. The first-order chi connectivity index (χ1) is 15.6. The third kappa shape index (κ3) is 4.34. The summed E-state index contributed by atoms with van der Waals surface area (Å²) in [6.07, 6.45) is 4.40. The van der Waals surface area contributed by atoms with Crippen LogP contribution in [0.1, 0.15) is 19.8 Å². The SMILES string of the molecule is CCCNc1ncnc2c1cnn2CCNC(=O)C1CC(=O)N(c2ccccc2OC)C1. The standard InChI is InChI=1S/C22H27N7O3/c1-3-8-23-20-16-12-27-29(21(16)26-14-25-20)10-9-24-22(31)15-11-19(30)28(13-15)17-6-4-5-7-18(17)32-2/h4-7,12,14-15H,3,8-11,13H2,1-2H3,(H,24,31)(H,23,25,26). The predicted molar refractivity (Wildman–Crippen MR) is 121 cm³/mol. The lowest BCUT2D eigenvalue weighted by molar-refractivity contribution is -0.126. The van der Waals surface area contributed by atoms with Crippen LogP contribution in [0.15, 0.2) is 36.8 Å². The summed E-state index contributed by atoms with van der Waals surface area (Å²) in [7, 11) is 1.57. The molecule has 0 radical (unpaired) electrons. The number of amides is 2. The predicted octanol–water partition coefficient (Wildman–Crippen LogP) is 1.83. The molecule has 3 aromatic rings. The van der Waals surface area contributed by atoms with Gasteiger partial charge in [-0.15, -0.1) is 0 Å². The molecule has 168 valence electrons. The Morgan fingerprint density at radius 3 is 2.91 bits per heavy atom. The molecule has 4 rings (SSSR count). The number of aromatic nitrogens is 4. The third-order valence-corrected chi connectivity index (χ3v) is 5.47. The van der Waals surface area contributed by atoms with Gasteiger partial charge in [0.15, 0.2) is 5.65 Å². The van der Waals surface area contributed by atoms with Gasteiger partial charge in [-0.05, 0) is 18.6 Å². The van der Waals surface area contributed by atoms with Crippen molar-refractivity contribution in [2.75, 3.05) is 37.0 Å². The van der Waals surface area contributed by atoms with Gasteiger partial charge in [0.2, 0.25) is 11.8 Å². The zero-order chi connectivity index (χ0) is 22.5. The van der Waals surface area contributed by atoms with E-state index in [1.807, 2.05) is 18.2 Å². The molecule has 3 heterocycles. The minimum Gasteiger partial charge on any atom is -0.495 e. The first-order valence-corrected chi connectivity index (χ1v) is 10.7. The van der Waals surface area contributed by atoms with Crippen molar-refractivity contribution in [1.82, 2.24) is 25.1 Å². The molecule has 10 nitrogen and oxygen atoms in total. The summed E-state index contributed by atoms with van der Waals surface area (Å²) in [5.74, 6) is 0.730. The Hall–Kier alpha value is -3.69. The highest BCUT2D eigenvalue weighted by Crippen LogP contribution is 2.32. The highest BCUT2D eigenvalue weighted by molar-refractivity contribution is 6.01. The second-order valence-corrected chi connectivity index (χ2v) is 7.62. The highest BCUT2D eigenvalue weighted by atomic mass is 16.5. The largest absolute Gasteiger partial charge is 0.495 e. The van der Waals surface area contributed by atoms with E-state index >= 15 is 0 Å². The Balaban J connectivity index is 1.35. The molecule has 1 aliphatic heterocycles. The van der Waals surface area contributed by atoms with E-state index in [0.29, 0.717) is 36.7 Å². The number of benzene rings is 1. The van der Waals surface area contributed by atoms with Crippen LogP contribution in [0.25, 0.3) is 11.0 Å². The van der Waals surface area contributed by atoms with Gasteiger partial charge < -0.3 is 20.3 Å². The molecule has 1 unspecified atom stereocenters. The Kier molecular flexibility index (Phi) is 6.48. The number of carbonyl (C=O) groups is 2. The minimum absolute atomic E-state index is 0.0865. The molecule has 2 N–H and O–H groups in total. The lowest BCUT2D eigenvalue weighted by atomic mass is 10.1. The van der Waals surface area contributed by atoms with E-state index < -0.39 is 5.92 Å². The molecule has 1 aliphatic rings. The molecule has 32 heavy (non-hydrogen) atoms. The Bertz CT molecular complexity index is 1110. The normalized spacial score (nSPS) is 15.9. The van der Waals surface area contributed by atoms with Crippen molar-refractivity contribution in [2.45, 2.75) is 26.3 Å². The zero-order valence-corrected chi connectivity index (χ0v) is 18.2. The van der Waals surface area contributed by atoms with Crippen LogP contribution in [0, 0.1) is 5.92 Å². The first-order valence-electron chi connectivity index (χ1n) is 10.7. The van der Waals surface area contributed by atoms with Gasteiger partial charge in [-0.2, -0.15) is 5.10 Å². The van der Waals surface area contributed by atoms with Crippen LogP contribution in [-0.2, 0) is 16.1 Å². The van der Waals surface area contributed by atoms with Gasteiger partial charge in [-0.1, -0.05) is 19.1 Å². The molecule has 1 aromatic carbocycles. The van der Waals surface area contributed by atoms with E-state index in [1.165, 1.54) is 6.33 Å². The Morgan fingerprint density at radius 1 is 1.25 bits per heavy atom. The molecule has 0 spiro atoms. The maximum atomic E-state index is 12.7. The second-order valence-electron chi connectivity index (χ2n) is 7.62. The maximum absolute atomic E-state index is 12.7. The van der Waals surface area contributed by atoms with E-state index in [1.54, 1.807) is 29.0 Å². The summed E-state index contributed by atoms with van der Waals surface area (Å²) in [5, 5.41) is 11.4.